The van der Waals surface area contributed by atoms with Gasteiger partial charge in [-0.1, -0.05) is 12.1 Å². The van der Waals surface area contributed by atoms with Crippen molar-refractivity contribution >= 4 is 12.4 Å². The summed E-state index contributed by atoms with van der Waals surface area (Å²) in [7, 11) is -2.53. The molecule has 1 aliphatic rings. The molecule has 0 radical (unpaired) electrons. The Hall–Kier alpha value is -0.800. The van der Waals surface area contributed by atoms with E-state index in [9.17, 15) is 17.7 Å². The Labute approximate surface area is 97.2 Å². The lowest BCUT2D eigenvalue weighted by Gasteiger charge is -2.23. The van der Waals surface area contributed by atoms with Crippen LogP contribution < -0.4 is 5.30 Å². The van der Waals surface area contributed by atoms with Gasteiger partial charge in [-0.2, -0.15) is 13.2 Å². The second-order valence-electron chi connectivity index (χ2n) is 3.99. The molecule has 1 fully saturated rings. The van der Waals surface area contributed by atoms with Crippen LogP contribution in [0.1, 0.15) is 5.56 Å². The Morgan fingerprint density at radius 1 is 1.06 bits per heavy atom. The van der Waals surface area contributed by atoms with Crippen LogP contribution in [0.25, 0.3) is 0 Å². The van der Waals surface area contributed by atoms with Crippen LogP contribution in [0.3, 0.4) is 0 Å². The third kappa shape index (κ3) is 2.72. The van der Waals surface area contributed by atoms with Crippen LogP contribution in [0.2, 0.25) is 0 Å². The second-order valence-corrected chi connectivity index (χ2v) is 7.18. The summed E-state index contributed by atoms with van der Waals surface area (Å²) in [4.78, 5) is 0. The quantitative estimate of drug-likeness (QED) is 0.729. The van der Waals surface area contributed by atoms with Gasteiger partial charge in [0, 0.05) is 17.6 Å². The largest absolute Gasteiger partial charge is 0.416 e. The van der Waals surface area contributed by atoms with E-state index in [0.717, 1.165) is 12.1 Å². The SMILES string of the molecule is O=P1(c2ccc(C(F)(F)F)cc2)CCOCC1. The first kappa shape index (κ1) is 12.7. The van der Waals surface area contributed by atoms with Crippen molar-refractivity contribution < 1.29 is 22.5 Å². The summed E-state index contributed by atoms with van der Waals surface area (Å²) >= 11 is 0. The minimum atomic E-state index is -4.34. The number of benzene rings is 1. The highest BCUT2D eigenvalue weighted by Gasteiger charge is 2.32. The maximum atomic E-state index is 12.4. The van der Waals surface area contributed by atoms with Gasteiger partial charge in [-0.3, -0.25) is 0 Å². The Balaban J connectivity index is 2.26. The zero-order chi connectivity index (χ0) is 12.5. The van der Waals surface area contributed by atoms with Crippen LogP contribution >= 0.6 is 7.14 Å². The molecule has 0 saturated carbocycles. The normalized spacial score (nSPS) is 20.2. The van der Waals surface area contributed by atoms with E-state index in [1.54, 1.807) is 0 Å². The highest BCUT2D eigenvalue weighted by atomic mass is 31.2. The van der Waals surface area contributed by atoms with E-state index in [4.69, 9.17) is 4.74 Å². The molecule has 2 rings (SSSR count). The van der Waals surface area contributed by atoms with Gasteiger partial charge in [0.25, 0.3) is 0 Å². The van der Waals surface area contributed by atoms with E-state index in [0.29, 0.717) is 30.8 Å². The number of hydrogen-bond acceptors (Lipinski definition) is 2. The highest BCUT2D eigenvalue weighted by Crippen LogP contribution is 2.45. The third-order valence-electron chi connectivity index (χ3n) is 2.86. The van der Waals surface area contributed by atoms with Gasteiger partial charge < -0.3 is 9.30 Å². The zero-order valence-electron chi connectivity index (χ0n) is 9.04. The molecule has 0 aliphatic carbocycles. The summed E-state index contributed by atoms with van der Waals surface area (Å²) in [5, 5.41) is 0.522. The first-order valence-electron chi connectivity index (χ1n) is 5.25. The molecule has 0 amide bonds. The maximum absolute atomic E-state index is 12.4. The van der Waals surface area contributed by atoms with E-state index >= 15 is 0 Å². The van der Waals surface area contributed by atoms with E-state index in [1.165, 1.54) is 12.1 Å². The molecule has 0 aromatic heterocycles. The fraction of sp³-hybridized carbons (Fsp3) is 0.455. The fourth-order valence-electron chi connectivity index (χ4n) is 1.82. The predicted octanol–water partition coefficient (Wildman–Crippen LogP) is 2.72. The summed E-state index contributed by atoms with van der Waals surface area (Å²) in [6.07, 6.45) is -3.51. The number of hydrogen-bond donors (Lipinski definition) is 0. The summed E-state index contributed by atoms with van der Waals surface area (Å²) < 4.78 is 54.7. The van der Waals surface area contributed by atoms with Crippen molar-refractivity contribution in [2.75, 3.05) is 25.5 Å². The van der Waals surface area contributed by atoms with Gasteiger partial charge in [-0.05, 0) is 12.1 Å². The molecular weight excluding hydrogens is 252 g/mol. The van der Waals surface area contributed by atoms with Gasteiger partial charge in [-0.25, -0.2) is 0 Å². The van der Waals surface area contributed by atoms with Crippen molar-refractivity contribution in [2.24, 2.45) is 0 Å². The number of halogens is 3. The van der Waals surface area contributed by atoms with Crippen LogP contribution in [0.5, 0.6) is 0 Å². The lowest BCUT2D eigenvalue weighted by atomic mass is 10.2. The number of rotatable bonds is 1. The molecule has 1 saturated heterocycles. The molecule has 0 spiro atoms. The van der Waals surface area contributed by atoms with Crippen LogP contribution in [0.15, 0.2) is 24.3 Å². The standard InChI is InChI=1S/C11H12F3O2P/c12-11(13,14)9-1-3-10(4-2-9)17(15)7-5-16-6-8-17/h1-4H,5-8H2. The van der Waals surface area contributed by atoms with Crippen LogP contribution in [0, 0.1) is 0 Å². The minimum absolute atomic E-state index is 0.415. The van der Waals surface area contributed by atoms with Crippen molar-refractivity contribution in [3.8, 4) is 0 Å². The van der Waals surface area contributed by atoms with Gasteiger partial charge >= 0.3 is 6.18 Å². The average Bonchev–Trinajstić information content (AvgIpc) is 2.29. The summed E-state index contributed by atoms with van der Waals surface area (Å²) in [6.45, 7) is 0.830. The Bertz CT molecular complexity index is 429. The fourth-order valence-corrected chi connectivity index (χ4v) is 4.10. The van der Waals surface area contributed by atoms with Gasteiger partial charge in [0.1, 0.15) is 7.14 Å². The van der Waals surface area contributed by atoms with Crippen molar-refractivity contribution in [3.63, 3.8) is 0 Å². The monoisotopic (exact) mass is 264 g/mol. The second kappa shape index (κ2) is 4.46. The minimum Gasteiger partial charge on any atom is -0.380 e. The first-order chi connectivity index (χ1) is 7.92. The predicted molar refractivity (Wildman–Crippen MR) is 59.2 cm³/mol. The van der Waals surface area contributed by atoms with E-state index in [2.05, 4.69) is 0 Å². The van der Waals surface area contributed by atoms with Crippen molar-refractivity contribution in [3.05, 3.63) is 29.8 Å². The van der Waals surface area contributed by atoms with Crippen LogP contribution in [-0.2, 0) is 15.5 Å². The van der Waals surface area contributed by atoms with Gasteiger partial charge in [0.15, 0.2) is 0 Å². The molecule has 1 heterocycles. The van der Waals surface area contributed by atoms with Crippen LogP contribution in [-0.4, -0.2) is 25.5 Å². The molecule has 1 aromatic carbocycles. The smallest absolute Gasteiger partial charge is 0.380 e. The van der Waals surface area contributed by atoms with E-state index in [1.807, 2.05) is 0 Å². The van der Waals surface area contributed by atoms with Gasteiger partial charge in [0.2, 0.25) is 0 Å². The highest BCUT2D eigenvalue weighted by molar-refractivity contribution is 7.71. The van der Waals surface area contributed by atoms with Gasteiger partial charge in [-0.15, -0.1) is 0 Å². The zero-order valence-corrected chi connectivity index (χ0v) is 9.93. The van der Waals surface area contributed by atoms with Crippen molar-refractivity contribution in [1.82, 2.24) is 0 Å². The summed E-state index contributed by atoms with van der Waals surface area (Å²) in [6, 6.07) is 4.64. The molecule has 0 atom stereocenters. The lowest BCUT2D eigenvalue weighted by molar-refractivity contribution is -0.137. The molecular formula is C11H12F3O2P. The average molecular weight is 264 g/mol. The lowest BCUT2D eigenvalue weighted by Crippen LogP contribution is -2.22. The number of ether oxygens (including phenoxy) is 1. The van der Waals surface area contributed by atoms with E-state index < -0.39 is 18.9 Å². The molecule has 17 heavy (non-hydrogen) atoms. The van der Waals surface area contributed by atoms with Crippen molar-refractivity contribution in [1.29, 1.82) is 0 Å². The number of alkyl halides is 3. The molecule has 94 valence electrons. The molecule has 1 aromatic rings. The van der Waals surface area contributed by atoms with Crippen molar-refractivity contribution in [2.45, 2.75) is 6.18 Å². The summed E-state index contributed by atoms with van der Waals surface area (Å²) in [5.74, 6) is 0. The van der Waals surface area contributed by atoms with Crippen LogP contribution in [0.4, 0.5) is 13.2 Å². The Kier molecular flexibility index (Phi) is 3.32. The molecule has 0 unspecified atom stereocenters. The molecule has 6 heteroatoms. The molecule has 2 nitrogen and oxygen atoms in total. The Morgan fingerprint density at radius 3 is 2.06 bits per heavy atom. The van der Waals surface area contributed by atoms with Gasteiger partial charge in [0.05, 0.1) is 18.8 Å². The first-order valence-corrected chi connectivity index (χ1v) is 7.33. The topological polar surface area (TPSA) is 26.3 Å². The van der Waals surface area contributed by atoms with E-state index in [-0.39, 0.29) is 0 Å². The third-order valence-corrected chi connectivity index (χ3v) is 5.91. The Morgan fingerprint density at radius 2 is 1.59 bits per heavy atom. The maximum Gasteiger partial charge on any atom is 0.416 e. The summed E-state index contributed by atoms with van der Waals surface area (Å²) in [5.41, 5.74) is -0.707. The molecule has 0 bridgehead atoms. The molecule has 0 N–H and O–H groups in total. The molecule has 1 aliphatic heterocycles.